The lowest BCUT2D eigenvalue weighted by atomic mass is 10.0. The maximum atomic E-state index is 14.0. The number of aliphatic imine (C=N–C) groups is 1. The predicted molar refractivity (Wildman–Crippen MR) is 146 cm³/mol. The summed E-state index contributed by atoms with van der Waals surface area (Å²) in [6.45, 7) is 6.96. The number of hydrogen-bond donors (Lipinski definition) is 2. The molecule has 1 amide bonds. The molecule has 39 heavy (non-hydrogen) atoms. The van der Waals surface area contributed by atoms with E-state index >= 15 is 0 Å². The van der Waals surface area contributed by atoms with Crippen molar-refractivity contribution < 1.29 is 32.9 Å². The minimum Gasteiger partial charge on any atom is -0.482 e. The van der Waals surface area contributed by atoms with Crippen molar-refractivity contribution in [2.75, 3.05) is 40.6 Å². The largest absolute Gasteiger partial charge is 0.482 e. The molecule has 1 heterocycles. The van der Waals surface area contributed by atoms with Crippen LogP contribution in [0.15, 0.2) is 41.3 Å². The number of aromatic nitrogens is 1. The molecule has 0 fully saturated rings. The fourth-order valence-corrected chi connectivity index (χ4v) is 3.55. The van der Waals surface area contributed by atoms with Crippen LogP contribution in [0.2, 0.25) is 0 Å². The van der Waals surface area contributed by atoms with Crippen molar-refractivity contribution in [3.8, 4) is 5.75 Å². The number of carbonyl (C=O) groups is 2. The standard InChI is InChI=1S/C27H36FN5O6/c1-15(19-12-17(28)9-10-18(19)25(34)37-8)38-21-11-16(13-32-23(21)29)22(24(30)36-7)20(31-5)14-33(6)26(35)39-27(2,3)4/h9-13,15H,14,30H2,1-8H3,(H2,29,32)/t15-/m1/s1. The van der Waals surface area contributed by atoms with Gasteiger partial charge in [0.1, 0.15) is 17.5 Å². The molecule has 12 heteroatoms. The quantitative estimate of drug-likeness (QED) is 0.271. The third-order valence-corrected chi connectivity index (χ3v) is 5.45. The zero-order valence-electron chi connectivity index (χ0n) is 23.5. The van der Waals surface area contributed by atoms with Crippen molar-refractivity contribution in [2.24, 2.45) is 10.7 Å². The van der Waals surface area contributed by atoms with E-state index in [0.717, 1.165) is 6.07 Å². The number of carbonyl (C=O) groups excluding carboxylic acids is 2. The molecule has 0 aliphatic carbocycles. The number of esters is 1. The van der Waals surface area contributed by atoms with Crippen LogP contribution in [0.25, 0.3) is 5.57 Å². The van der Waals surface area contributed by atoms with Crippen molar-refractivity contribution >= 4 is 29.2 Å². The Morgan fingerprint density at radius 3 is 2.41 bits per heavy atom. The highest BCUT2D eigenvalue weighted by Crippen LogP contribution is 2.32. The number of pyridine rings is 1. The second-order valence-electron chi connectivity index (χ2n) is 9.54. The number of amides is 1. The van der Waals surface area contributed by atoms with Crippen LogP contribution in [0.5, 0.6) is 5.75 Å². The van der Waals surface area contributed by atoms with Crippen molar-refractivity contribution in [3.05, 3.63) is 58.9 Å². The van der Waals surface area contributed by atoms with Crippen LogP contribution in [0.1, 0.15) is 55.3 Å². The molecule has 0 spiro atoms. The van der Waals surface area contributed by atoms with Crippen molar-refractivity contribution in [1.82, 2.24) is 9.88 Å². The second kappa shape index (κ2) is 12.9. The first-order valence-corrected chi connectivity index (χ1v) is 12.0. The Morgan fingerprint density at radius 2 is 1.85 bits per heavy atom. The summed E-state index contributed by atoms with van der Waals surface area (Å²) < 4.78 is 35.6. The lowest BCUT2D eigenvalue weighted by Crippen LogP contribution is -2.37. The van der Waals surface area contributed by atoms with Crippen LogP contribution in [0.3, 0.4) is 0 Å². The number of rotatable bonds is 9. The van der Waals surface area contributed by atoms with E-state index in [0.29, 0.717) is 16.8 Å². The number of hydrogen-bond acceptors (Lipinski definition) is 10. The zero-order valence-corrected chi connectivity index (χ0v) is 23.5. The SMILES string of the molecule is CN=C(CN(C)C(=O)OC(C)(C)C)C(=C(N)OC)c1cnc(N)c(O[C@H](C)c2cc(F)ccc2C(=O)OC)c1. The highest BCUT2D eigenvalue weighted by atomic mass is 19.1. The molecule has 0 radical (unpaired) electrons. The van der Waals surface area contributed by atoms with Gasteiger partial charge in [0.05, 0.1) is 37.6 Å². The van der Waals surface area contributed by atoms with Crippen molar-refractivity contribution in [2.45, 2.75) is 39.4 Å². The number of nitrogens with zero attached hydrogens (tertiary/aromatic N) is 3. The fourth-order valence-electron chi connectivity index (χ4n) is 3.55. The topological polar surface area (TPSA) is 152 Å². The number of anilines is 1. The lowest BCUT2D eigenvalue weighted by Gasteiger charge is -2.26. The van der Waals surface area contributed by atoms with Crippen LogP contribution in [0, 0.1) is 5.82 Å². The maximum absolute atomic E-state index is 14.0. The molecule has 0 aliphatic rings. The summed E-state index contributed by atoms with van der Waals surface area (Å²) in [5.74, 6) is -1.01. The minimum atomic E-state index is -0.820. The highest BCUT2D eigenvalue weighted by molar-refractivity contribution is 6.25. The first-order valence-electron chi connectivity index (χ1n) is 12.0. The molecule has 2 rings (SSSR count). The van der Waals surface area contributed by atoms with Gasteiger partial charge in [0, 0.05) is 31.4 Å². The number of nitrogen functional groups attached to an aromatic ring is 1. The summed E-state index contributed by atoms with van der Waals surface area (Å²) in [7, 11) is 5.73. The van der Waals surface area contributed by atoms with Crippen LogP contribution in [-0.2, 0) is 14.2 Å². The number of ether oxygens (including phenoxy) is 4. The lowest BCUT2D eigenvalue weighted by molar-refractivity contribution is 0.0324. The molecular weight excluding hydrogens is 509 g/mol. The maximum Gasteiger partial charge on any atom is 0.410 e. The van der Waals surface area contributed by atoms with E-state index in [2.05, 4.69) is 9.98 Å². The third-order valence-electron chi connectivity index (χ3n) is 5.45. The molecule has 0 unspecified atom stereocenters. The van der Waals surface area contributed by atoms with E-state index in [1.807, 2.05) is 0 Å². The van der Waals surface area contributed by atoms with Crippen LogP contribution in [-0.4, -0.2) is 68.1 Å². The molecule has 0 aliphatic heterocycles. The first kappa shape index (κ1) is 30.9. The zero-order chi connectivity index (χ0) is 29.5. The molecule has 1 aromatic heterocycles. The van der Waals surface area contributed by atoms with E-state index in [4.69, 9.17) is 30.4 Å². The Bertz CT molecular complexity index is 1270. The Kier molecular flexibility index (Phi) is 10.2. The number of benzene rings is 1. The van der Waals surface area contributed by atoms with Crippen molar-refractivity contribution in [1.29, 1.82) is 0 Å². The molecule has 2 aromatic rings. The summed E-state index contributed by atoms with van der Waals surface area (Å²) in [6, 6.07) is 5.23. The first-order chi connectivity index (χ1) is 18.2. The van der Waals surface area contributed by atoms with Gasteiger partial charge in [-0.2, -0.15) is 0 Å². The summed E-state index contributed by atoms with van der Waals surface area (Å²) in [6.07, 6.45) is 0.0807. The Hall–Kier alpha value is -4.35. The van der Waals surface area contributed by atoms with Gasteiger partial charge in [-0.15, -0.1) is 0 Å². The van der Waals surface area contributed by atoms with Gasteiger partial charge in [0.25, 0.3) is 0 Å². The van der Waals surface area contributed by atoms with Gasteiger partial charge < -0.3 is 35.3 Å². The van der Waals surface area contributed by atoms with Gasteiger partial charge >= 0.3 is 12.1 Å². The van der Waals surface area contributed by atoms with Gasteiger partial charge in [0.15, 0.2) is 17.5 Å². The fraction of sp³-hybridized carbons (Fsp3) is 0.407. The van der Waals surface area contributed by atoms with Gasteiger partial charge in [-0.1, -0.05) is 0 Å². The van der Waals surface area contributed by atoms with E-state index in [-0.39, 0.29) is 35.1 Å². The molecular formula is C27H36FN5O6. The third kappa shape index (κ3) is 8.06. The monoisotopic (exact) mass is 545 g/mol. The van der Waals surface area contributed by atoms with Gasteiger partial charge in [-0.25, -0.2) is 19.0 Å². The van der Waals surface area contributed by atoms with E-state index in [1.54, 1.807) is 47.9 Å². The summed E-state index contributed by atoms with van der Waals surface area (Å²) in [4.78, 5) is 34.6. The minimum absolute atomic E-state index is 0.0110. The Labute approximate surface area is 227 Å². The average molecular weight is 546 g/mol. The Morgan fingerprint density at radius 1 is 1.18 bits per heavy atom. The predicted octanol–water partition coefficient (Wildman–Crippen LogP) is 3.94. The molecule has 4 N–H and O–H groups in total. The molecule has 0 saturated carbocycles. The highest BCUT2D eigenvalue weighted by Gasteiger charge is 2.25. The summed E-state index contributed by atoms with van der Waals surface area (Å²) in [5.41, 5.74) is 13.2. The molecule has 0 saturated heterocycles. The molecule has 1 aromatic carbocycles. The number of nitrogens with two attached hydrogens (primary N) is 2. The second-order valence-corrected chi connectivity index (χ2v) is 9.54. The van der Waals surface area contributed by atoms with E-state index in [1.165, 1.54) is 37.4 Å². The van der Waals surface area contributed by atoms with Gasteiger partial charge in [-0.05, 0) is 52.0 Å². The van der Waals surface area contributed by atoms with Gasteiger partial charge in [-0.3, -0.25) is 4.99 Å². The molecule has 0 bridgehead atoms. The molecule has 1 atom stereocenters. The molecule has 212 valence electrons. The van der Waals surface area contributed by atoms with Crippen LogP contribution >= 0.6 is 0 Å². The van der Waals surface area contributed by atoms with Crippen LogP contribution in [0.4, 0.5) is 15.0 Å². The smallest absolute Gasteiger partial charge is 0.410 e. The molecule has 11 nitrogen and oxygen atoms in total. The number of methoxy groups -OCH3 is 2. The van der Waals surface area contributed by atoms with Crippen LogP contribution < -0.4 is 16.2 Å². The van der Waals surface area contributed by atoms with E-state index < -0.39 is 29.6 Å². The van der Waals surface area contributed by atoms with Gasteiger partial charge in [0.2, 0.25) is 0 Å². The summed E-state index contributed by atoms with van der Waals surface area (Å²) in [5, 5.41) is 0. The summed E-state index contributed by atoms with van der Waals surface area (Å²) >= 11 is 0. The van der Waals surface area contributed by atoms with E-state index in [9.17, 15) is 14.0 Å². The Balaban J connectivity index is 2.47. The average Bonchev–Trinajstić information content (AvgIpc) is 2.87. The normalized spacial score (nSPS) is 13.2. The van der Waals surface area contributed by atoms with Crippen molar-refractivity contribution in [3.63, 3.8) is 0 Å². The number of halogens is 1.